The molecule has 1 atom stereocenters. The van der Waals surface area contributed by atoms with Gasteiger partial charge < -0.3 is 5.32 Å². The molecule has 1 aromatic heterocycles. The van der Waals surface area contributed by atoms with Gasteiger partial charge in [0, 0.05) is 27.9 Å². The first-order valence-electron chi connectivity index (χ1n) is 5.98. The molecule has 0 aliphatic heterocycles. The summed E-state index contributed by atoms with van der Waals surface area (Å²) in [6.07, 6.45) is 6.50. The van der Waals surface area contributed by atoms with E-state index in [1.54, 1.807) is 36.7 Å². The van der Waals surface area contributed by atoms with Crippen LogP contribution in [0.25, 0.3) is 6.08 Å². The number of hydrogen-bond donors (Lipinski definition) is 2. The van der Waals surface area contributed by atoms with E-state index < -0.39 is 0 Å². The summed E-state index contributed by atoms with van der Waals surface area (Å²) in [5.41, 5.74) is 1.65. The van der Waals surface area contributed by atoms with Gasteiger partial charge in [0.05, 0.1) is 12.2 Å². The van der Waals surface area contributed by atoms with Gasteiger partial charge in [0.15, 0.2) is 0 Å². The van der Waals surface area contributed by atoms with Crippen LogP contribution in [0.15, 0.2) is 36.7 Å². The van der Waals surface area contributed by atoms with E-state index in [9.17, 15) is 4.79 Å². The summed E-state index contributed by atoms with van der Waals surface area (Å²) in [5, 5.41) is 10.4. The molecule has 4 nitrogen and oxygen atoms in total. The predicted octanol–water partition coefficient (Wildman–Crippen LogP) is 3.61. The minimum absolute atomic E-state index is 0.119. The number of benzene rings is 1. The van der Waals surface area contributed by atoms with Crippen molar-refractivity contribution in [2.45, 2.75) is 13.0 Å². The fourth-order valence-corrected chi connectivity index (χ4v) is 2.12. The SMILES string of the molecule is CC(NC(=O)/C=C/c1ccc(Cl)cc1Cl)c1cn[nH]c1. The minimum atomic E-state index is -0.204. The van der Waals surface area contributed by atoms with E-state index in [0.29, 0.717) is 10.0 Å². The highest BCUT2D eigenvalue weighted by molar-refractivity contribution is 6.35. The molecule has 20 heavy (non-hydrogen) atoms. The highest BCUT2D eigenvalue weighted by atomic mass is 35.5. The summed E-state index contributed by atoms with van der Waals surface area (Å²) in [6.45, 7) is 1.88. The molecule has 0 saturated heterocycles. The second kappa shape index (κ2) is 6.59. The molecule has 6 heteroatoms. The van der Waals surface area contributed by atoms with Crippen LogP contribution in [0.5, 0.6) is 0 Å². The molecule has 0 saturated carbocycles. The Morgan fingerprint density at radius 1 is 1.45 bits per heavy atom. The molecule has 2 aromatic rings. The van der Waals surface area contributed by atoms with Crippen molar-refractivity contribution in [1.82, 2.24) is 15.5 Å². The second-order valence-corrected chi connectivity index (χ2v) is 5.10. The Labute approximate surface area is 126 Å². The second-order valence-electron chi connectivity index (χ2n) is 4.26. The topological polar surface area (TPSA) is 57.8 Å². The van der Waals surface area contributed by atoms with E-state index in [2.05, 4.69) is 15.5 Å². The number of hydrogen-bond acceptors (Lipinski definition) is 2. The van der Waals surface area contributed by atoms with Crippen LogP contribution in [0, 0.1) is 0 Å². The number of H-pyrrole nitrogens is 1. The highest BCUT2D eigenvalue weighted by Gasteiger charge is 2.08. The molecular formula is C14H13Cl2N3O. The van der Waals surface area contributed by atoms with Crippen molar-refractivity contribution in [3.63, 3.8) is 0 Å². The van der Waals surface area contributed by atoms with Crippen LogP contribution < -0.4 is 5.32 Å². The zero-order chi connectivity index (χ0) is 14.5. The Bertz CT molecular complexity index is 623. The average molecular weight is 310 g/mol. The van der Waals surface area contributed by atoms with Crippen molar-refractivity contribution in [1.29, 1.82) is 0 Å². The van der Waals surface area contributed by atoms with Gasteiger partial charge in [-0.2, -0.15) is 5.10 Å². The summed E-state index contributed by atoms with van der Waals surface area (Å²) in [6, 6.07) is 4.99. The van der Waals surface area contributed by atoms with Crippen LogP contribution in [-0.2, 0) is 4.79 Å². The smallest absolute Gasteiger partial charge is 0.244 e. The first kappa shape index (κ1) is 14.6. The molecule has 0 aliphatic carbocycles. The maximum Gasteiger partial charge on any atom is 0.244 e. The summed E-state index contributed by atoms with van der Waals surface area (Å²) in [4.78, 5) is 11.8. The van der Waals surface area contributed by atoms with Gasteiger partial charge in [-0.25, -0.2) is 0 Å². The average Bonchev–Trinajstić information content (AvgIpc) is 2.91. The minimum Gasteiger partial charge on any atom is -0.346 e. The van der Waals surface area contributed by atoms with Gasteiger partial charge in [-0.3, -0.25) is 9.89 Å². The number of carbonyl (C=O) groups is 1. The van der Waals surface area contributed by atoms with Gasteiger partial charge in [-0.15, -0.1) is 0 Å². The van der Waals surface area contributed by atoms with Crippen molar-refractivity contribution in [2.24, 2.45) is 0 Å². The van der Waals surface area contributed by atoms with Crippen molar-refractivity contribution in [3.8, 4) is 0 Å². The molecule has 104 valence electrons. The van der Waals surface area contributed by atoms with Crippen LogP contribution in [-0.4, -0.2) is 16.1 Å². The highest BCUT2D eigenvalue weighted by Crippen LogP contribution is 2.22. The van der Waals surface area contributed by atoms with E-state index in [1.165, 1.54) is 6.08 Å². The zero-order valence-electron chi connectivity index (χ0n) is 10.7. The van der Waals surface area contributed by atoms with Gasteiger partial charge in [0.2, 0.25) is 5.91 Å². The lowest BCUT2D eigenvalue weighted by Crippen LogP contribution is -2.24. The standard InChI is InChI=1S/C14H13Cl2N3O/c1-9(11-7-17-18-8-11)19-14(20)5-3-10-2-4-12(15)6-13(10)16/h2-9H,1H3,(H,17,18)(H,19,20)/b5-3+. The van der Waals surface area contributed by atoms with Gasteiger partial charge in [-0.1, -0.05) is 29.3 Å². The van der Waals surface area contributed by atoms with Gasteiger partial charge >= 0.3 is 0 Å². The first-order chi connectivity index (χ1) is 9.56. The van der Waals surface area contributed by atoms with E-state index >= 15 is 0 Å². The number of halogens is 2. The number of nitrogens with one attached hydrogen (secondary N) is 2. The number of amides is 1. The Balaban J connectivity index is 1.99. The first-order valence-corrected chi connectivity index (χ1v) is 6.74. The summed E-state index contributed by atoms with van der Waals surface area (Å²) in [5.74, 6) is -0.204. The molecule has 0 spiro atoms. The van der Waals surface area contributed by atoms with Crippen LogP contribution in [0.3, 0.4) is 0 Å². The van der Waals surface area contributed by atoms with Gasteiger partial charge in [0.25, 0.3) is 0 Å². The Morgan fingerprint density at radius 3 is 2.90 bits per heavy atom. The van der Waals surface area contributed by atoms with Crippen LogP contribution in [0.2, 0.25) is 10.0 Å². The third-order valence-corrected chi connectivity index (χ3v) is 3.32. The summed E-state index contributed by atoms with van der Waals surface area (Å²) in [7, 11) is 0. The molecular weight excluding hydrogens is 297 g/mol. The third-order valence-electron chi connectivity index (χ3n) is 2.75. The number of carbonyl (C=O) groups excluding carboxylic acids is 1. The van der Waals surface area contributed by atoms with E-state index in [0.717, 1.165) is 11.1 Å². The molecule has 1 aromatic carbocycles. The maximum atomic E-state index is 11.8. The Hall–Kier alpha value is -1.78. The maximum absolute atomic E-state index is 11.8. The van der Waals surface area contributed by atoms with Crippen LogP contribution in [0.1, 0.15) is 24.1 Å². The van der Waals surface area contributed by atoms with Crippen molar-refractivity contribution in [2.75, 3.05) is 0 Å². The Kier molecular flexibility index (Phi) is 4.82. The van der Waals surface area contributed by atoms with Gasteiger partial charge in [0.1, 0.15) is 0 Å². The number of nitrogens with zero attached hydrogens (tertiary/aromatic N) is 1. The van der Waals surface area contributed by atoms with E-state index in [1.807, 2.05) is 6.92 Å². The summed E-state index contributed by atoms with van der Waals surface area (Å²) < 4.78 is 0. The van der Waals surface area contributed by atoms with Crippen LogP contribution in [0.4, 0.5) is 0 Å². The lowest BCUT2D eigenvalue weighted by molar-refractivity contribution is -0.117. The van der Waals surface area contributed by atoms with Crippen molar-refractivity contribution >= 4 is 35.2 Å². The zero-order valence-corrected chi connectivity index (χ0v) is 12.2. The number of aromatic amines is 1. The molecule has 0 aliphatic rings. The monoisotopic (exact) mass is 309 g/mol. The molecule has 0 bridgehead atoms. The lowest BCUT2D eigenvalue weighted by Gasteiger charge is -2.09. The fourth-order valence-electron chi connectivity index (χ4n) is 1.64. The van der Waals surface area contributed by atoms with Gasteiger partial charge in [-0.05, 0) is 30.7 Å². The normalized spacial score (nSPS) is 12.6. The third kappa shape index (κ3) is 3.85. The molecule has 1 amide bonds. The number of aromatic nitrogens is 2. The molecule has 1 heterocycles. The summed E-state index contributed by atoms with van der Waals surface area (Å²) >= 11 is 11.8. The molecule has 2 N–H and O–H groups in total. The fraction of sp³-hybridized carbons (Fsp3) is 0.143. The molecule has 2 rings (SSSR count). The van der Waals surface area contributed by atoms with E-state index in [4.69, 9.17) is 23.2 Å². The van der Waals surface area contributed by atoms with E-state index in [-0.39, 0.29) is 11.9 Å². The molecule has 1 unspecified atom stereocenters. The lowest BCUT2D eigenvalue weighted by atomic mass is 10.2. The van der Waals surface area contributed by atoms with Crippen molar-refractivity contribution in [3.05, 3.63) is 57.8 Å². The van der Waals surface area contributed by atoms with Crippen LogP contribution >= 0.6 is 23.2 Å². The number of rotatable bonds is 4. The quantitative estimate of drug-likeness (QED) is 0.848. The largest absolute Gasteiger partial charge is 0.346 e. The van der Waals surface area contributed by atoms with Crippen molar-refractivity contribution < 1.29 is 4.79 Å². The molecule has 0 fully saturated rings. The predicted molar refractivity (Wildman–Crippen MR) is 80.6 cm³/mol. The molecule has 0 radical (unpaired) electrons. The Morgan fingerprint density at radius 2 is 2.25 bits per heavy atom.